The van der Waals surface area contributed by atoms with Crippen LogP contribution in [0, 0.1) is 0 Å². The normalized spacial score (nSPS) is 17.5. The molecule has 0 amide bonds. The molecule has 0 fully saturated rings. The van der Waals surface area contributed by atoms with Crippen LogP contribution in [-0.4, -0.2) is 6.04 Å². The van der Waals surface area contributed by atoms with Gasteiger partial charge >= 0.3 is 0 Å². The number of anilines is 1. The minimum absolute atomic E-state index is 0.199. The van der Waals surface area contributed by atoms with Gasteiger partial charge in [0.2, 0.25) is 0 Å². The number of nitrogens with zero attached hydrogens (tertiary/aromatic N) is 1. The molecule has 0 bridgehead atoms. The Kier molecular flexibility index (Phi) is 10.2. The lowest BCUT2D eigenvalue weighted by Gasteiger charge is -2.36. The van der Waals surface area contributed by atoms with Gasteiger partial charge in [-0.05, 0) is 140 Å². The Labute approximate surface area is 349 Å². The average molecular weight is 758 g/mol. The summed E-state index contributed by atoms with van der Waals surface area (Å²) >= 11 is 0. The molecule has 0 aliphatic heterocycles. The Morgan fingerprint density at radius 2 is 1.08 bits per heavy atom. The van der Waals surface area contributed by atoms with Gasteiger partial charge in [0.1, 0.15) is 0 Å². The van der Waals surface area contributed by atoms with E-state index in [4.69, 9.17) is 0 Å². The maximum atomic E-state index is 2.60. The van der Waals surface area contributed by atoms with Crippen LogP contribution in [0.1, 0.15) is 53.9 Å². The summed E-state index contributed by atoms with van der Waals surface area (Å²) in [6, 6.07) is 64.5. The monoisotopic (exact) mass is 757 g/mol. The van der Waals surface area contributed by atoms with Crippen LogP contribution in [0.25, 0.3) is 49.7 Å². The largest absolute Gasteiger partial charge is 0.338 e. The van der Waals surface area contributed by atoms with Crippen molar-refractivity contribution in [3.05, 3.63) is 252 Å². The van der Waals surface area contributed by atoms with Gasteiger partial charge in [-0.2, -0.15) is 0 Å². The van der Waals surface area contributed by atoms with Crippen molar-refractivity contribution in [1.29, 1.82) is 0 Å². The van der Waals surface area contributed by atoms with Crippen LogP contribution >= 0.6 is 0 Å². The summed E-state index contributed by atoms with van der Waals surface area (Å²) in [5, 5.41) is 2.58. The molecule has 0 saturated heterocycles. The topological polar surface area (TPSA) is 3.24 Å². The molecular formula is C58H47N. The van der Waals surface area contributed by atoms with Crippen LogP contribution in [-0.2, 0) is 0 Å². The summed E-state index contributed by atoms with van der Waals surface area (Å²) in [6.45, 7) is 0. The number of allylic oxidation sites excluding steroid dienone is 10. The maximum Gasteiger partial charge on any atom is 0.0557 e. The van der Waals surface area contributed by atoms with Crippen molar-refractivity contribution in [1.82, 2.24) is 0 Å². The van der Waals surface area contributed by atoms with Crippen LogP contribution in [0.5, 0.6) is 0 Å². The van der Waals surface area contributed by atoms with Gasteiger partial charge in [-0.15, -0.1) is 0 Å². The molecule has 3 aliphatic rings. The van der Waals surface area contributed by atoms with Gasteiger partial charge in [-0.25, -0.2) is 0 Å². The van der Waals surface area contributed by atoms with Gasteiger partial charge in [0.25, 0.3) is 0 Å². The lowest BCUT2D eigenvalue weighted by Crippen LogP contribution is -2.34. The average Bonchev–Trinajstić information content (AvgIpc) is 3.33. The van der Waals surface area contributed by atoms with Gasteiger partial charge in [-0.3, -0.25) is 0 Å². The van der Waals surface area contributed by atoms with Crippen molar-refractivity contribution in [3.63, 3.8) is 0 Å². The Hall–Kier alpha value is -6.96. The SMILES string of the molecule is C1=CC(c2ccc(N(C3=CC=C(c4ccccc4)CC3)C3C=CC(c4cc(-c5ccccc5)cc(-c5ccccc5)c4)=CC3)cc2)CC(c2ccc3ccccc3c2)=C1. The minimum atomic E-state index is 0.199. The van der Waals surface area contributed by atoms with E-state index in [1.807, 2.05) is 0 Å². The fraction of sp³-hybridized carbons (Fsp3) is 0.103. The van der Waals surface area contributed by atoms with Crippen molar-refractivity contribution < 1.29 is 0 Å². The molecule has 284 valence electrons. The van der Waals surface area contributed by atoms with E-state index in [1.165, 1.54) is 83.4 Å². The molecule has 0 aromatic heterocycles. The molecule has 3 aliphatic carbocycles. The molecule has 7 aromatic rings. The third-order valence-corrected chi connectivity index (χ3v) is 12.3. The third-order valence-electron chi connectivity index (χ3n) is 12.3. The van der Waals surface area contributed by atoms with Crippen LogP contribution in [0.15, 0.2) is 230 Å². The molecule has 0 spiro atoms. The van der Waals surface area contributed by atoms with E-state index < -0.39 is 0 Å². The molecule has 2 atom stereocenters. The van der Waals surface area contributed by atoms with Gasteiger partial charge < -0.3 is 4.90 Å². The second-order valence-electron chi connectivity index (χ2n) is 16.0. The highest BCUT2D eigenvalue weighted by Gasteiger charge is 2.25. The summed E-state index contributed by atoms with van der Waals surface area (Å²) in [7, 11) is 0. The van der Waals surface area contributed by atoms with E-state index in [0.717, 1.165) is 25.7 Å². The van der Waals surface area contributed by atoms with E-state index in [0.29, 0.717) is 5.92 Å². The molecule has 0 N–H and O–H groups in total. The second-order valence-corrected chi connectivity index (χ2v) is 16.0. The summed E-state index contributed by atoms with van der Waals surface area (Å²) in [5.74, 6) is 0.335. The Morgan fingerprint density at radius 1 is 0.441 bits per heavy atom. The lowest BCUT2D eigenvalue weighted by atomic mass is 9.85. The standard InChI is InChI=1S/C58H47N/c1-4-13-42(14-5-1)46-25-31-56(32-26-46)59(57-33-27-47(28-34-57)50-21-12-22-51(37-50)52-24-23-45-19-10-11-20-49(45)38-52)58-35-29-48(30-36-58)55-40-53(43-15-6-2-7-16-43)39-54(41-55)44-17-8-3-9-18-44/h1-25,27-31,33-35,38-41,50,58H,26,32,36-37H2. The predicted molar refractivity (Wildman–Crippen MR) is 252 cm³/mol. The third kappa shape index (κ3) is 7.85. The van der Waals surface area contributed by atoms with Gasteiger partial charge in [0, 0.05) is 17.3 Å². The van der Waals surface area contributed by atoms with Gasteiger partial charge in [-0.1, -0.05) is 182 Å². The first-order valence-electron chi connectivity index (χ1n) is 21.1. The van der Waals surface area contributed by atoms with E-state index >= 15 is 0 Å². The van der Waals surface area contributed by atoms with E-state index in [1.54, 1.807) is 0 Å². The van der Waals surface area contributed by atoms with Crippen molar-refractivity contribution in [2.75, 3.05) is 4.90 Å². The number of hydrogen-bond acceptors (Lipinski definition) is 1. The van der Waals surface area contributed by atoms with Crippen LogP contribution in [0.3, 0.4) is 0 Å². The first kappa shape index (κ1) is 36.4. The van der Waals surface area contributed by atoms with Gasteiger partial charge in [0.05, 0.1) is 6.04 Å². The zero-order valence-electron chi connectivity index (χ0n) is 33.3. The summed E-state index contributed by atoms with van der Waals surface area (Å²) in [6.07, 6.45) is 22.8. The zero-order valence-corrected chi connectivity index (χ0v) is 33.3. The highest BCUT2D eigenvalue weighted by atomic mass is 15.2. The number of benzene rings is 7. The molecule has 0 saturated carbocycles. The molecule has 2 unspecified atom stereocenters. The van der Waals surface area contributed by atoms with Gasteiger partial charge in [0.15, 0.2) is 0 Å². The molecule has 1 nitrogen and oxygen atoms in total. The molecule has 1 heteroatoms. The first-order valence-corrected chi connectivity index (χ1v) is 21.1. The predicted octanol–water partition coefficient (Wildman–Crippen LogP) is 15.3. The number of fused-ring (bicyclic) bond motifs is 1. The Bertz CT molecular complexity index is 2740. The summed E-state index contributed by atoms with van der Waals surface area (Å²) in [4.78, 5) is 2.60. The Morgan fingerprint density at radius 3 is 1.73 bits per heavy atom. The van der Waals surface area contributed by atoms with Crippen molar-refractivity contribution in [3.8, 4) is 22.3 Å². The molecule has 7 aromatic carbocycles. The smallest absolute Gasteiger partial charge is 0.0557 e. The minimum Gasteiger partial charge on any atom is -0.338 e. The maximum absolute atomic E-state index is 2.60. The molecule has 10 rings (SSSR count). The molecule has 59 heavy (non-hydrogen) atoms. The second kappa shape index (κ2) is 16.5. The highest BCUT2D eigenvalue weighted by Crippen LogP contribution is 2.39. The molecular weight excluding hydrogens is 711 g/mol. The van der Waals surface area contributed by atoms with E-state index in [-0.39, 0.29) is 6.04 Å². The fourth-order valence-electron chi connectivity index (χ4n) is 9.09. The van der Waals surface area contributed by atoms with Crippen molar-refractivity contribution in [2.24, 2.45) is 0 Å². The quantitative estimate of drug-likeness (QED) is 0.142. The number of hydrogen-bond donors (Lipinski definition) is 0. The van der Waals surface area contributed by atoms with Crippen LogP contribution in [0.4, 0.5) is 5.69 Å². The summed E-state index contributed by atoms with van der Waals surface area (Å²) in [5.41, 5.74) is 16.8. The molecule has 0 radical (unpaired) electrons. The van der Waals surface area contributed by atoms with Crippen LogP contribution < -0.4 is 4.90 Å². The summed E-state index contributed by atoms with van der Waals surface area (Å²) < 4.78 is 0. The first-order chi connectivity index (χ1) is 29.2. The number of rotatable bonds is 9. The van der Waals surface area contributed by atoms with E-state index in [9.17, 15) is 0 Å². The van der Waals surface area contributed by atoms with Crippen molar-refractivity contribution in [2.45, 2.75) is 37.6 Å². The Balaban J connectivity index is 0.945. The highest BCUT2D eigenvalue weighted by molar-refractivity contribution is 5.87. The van der Waals surface area contributed by atoms with Crippen molar-refractivity contribution >= 4 is 33.2 Å². The van der Waals surface area contributed by atoms with Crippen LogP contribution in [0.2, 0.25) is 0 Å². The fourth-order valence-corrected chi connectivity index (χ4v) is 9.09. The van der Waals surface area contributed by atoms with E-state index in [2.05, 4.69) is 229 Å². The zero-order chi connectivity index (χ0) is 39.4. The lowest BCUT2D eigenvalue weighted by molar-refractivity contribution is 0.723. The molecule has 0 heterocycles.